The highest BCUT2D eigenvalue weighted by molar-refractivity contribution is 6.52. The summed E-state index contributed by atoms with van der Waals surface area (Å²) in [6, 6.07) is 13.3. The van der Waals surface area contributed by atoms with Crippen molar-refractivity contribution < 1.29 is 24.5 Å². The molecule has 1 unspecified atom stereocenters. The molecular weight excluding hydrogens is 432 g/mol. The third kappa shape index (κ3) is 3.56. The highest BCUT2D eigenvalue weighted by Crippen LogP contribution is 2.45. The number of Topliss-reactive ketones (excluding diaryl/α,β-unsaturated/α-hetero) is 1. The number of aromatic hydroxyl groups is 1. The van der Waals surface area contributed by atoms with E-state index in [-0.39, 0.29) is 28.3 Å². The lowest BCUT2D eigenvalue weighted by atomic mass is 9.97. The van der Waals surface area contributed by atoms with Crippen molar-refractivity contribution in [3.8, 4) is 11.5 Å². The summed E-state index contributed by atoms with van der Waals surface area (Å²) in [5, 5.41) is 22.0. The molecule has 0 aliphatic carbocycles. The summed E-state index contributed by atoms with van der Waals surface area (Å²) in [7, 11) is 1.42. The van der Waals surface area contributed by atoms with Crippen molar-refractivity contribution in [3.63, 3.8) is 0 Å². The minimum absolute atomic E-state index is 0.139. The molecule has 2 heterocycles. The summed E-state index contributed by atoms with van der Waals surface area (Å²) >= 11 is 6.11. The van der Waals surface area contributed by atoms with Gasteiger partial charge in [-0.3, -0.25) is 19.5 Å². The van der Waals surface area contributed by atoms with Crippen LogP contribution >= 0.6 is 11.6 Å². The van der Waals surface area contributed by atoms with Gasteiger partial charge in [-0.15, -0.1) is 0 Å². The van der Waals surface area contributed by atoms with E-state index in [1.54, 1.807) is 49.4 Å². The molecule has 1 amide bonds. The summed E-state index contributed by atoms with van der Waals surface area (Å²) < 4.78 is 5.31. The van der Waals surface area contributed by atoms with Crippen LogP contribution in [0.2, 0.25) is 5.02 Å². The molecule has 162 valence electrons. The molecule has 7 nitrogen and oxygen atoms in total. The van der Waals surface area contributed by atoms with Crippen LogP contribution in [0.3, 0.4) is 0 Å². The summed E-state index contributed by atoms with van der Waals surface area (Å²) in [4.78, 5) is 31.8. The van der Waals surface area contributed by atoms with Crippen molar-refractivity contribution in [1.82, 2.24) is 4.98 Å². The van der Waals surface area contributed by atoms with E-state index < -0.39 is 23.5 Å². The Kier molecular flexibility index (Phi) is 5.59. The zero-order valence-electron chi connectivity index (χ0n) is 17.2. The number of ketones is 1. The molecule has 1 saturated heterocycles. The monoisotopic (exact) mass is 450 g/mol. The van der Waals surface area contributed by atoms with Gasteiger partial charge in [0.15, 0.2) is 0 Å². The molecular formula is C24H19ClN2O5. The fourth-order valence-corrected chi connectivity index (χ4v) is 3.91. The highest BCUT2D eigenvalue weighted by atomic mass is 35.5. The third-order valence-electron chi connectivity index (χ3n) is 5.22. The molecule has 2 N–H and O–H groups in total. The van der Waals surface area contributed by atoms with Crippen LogP contribution in [0.5, 0.6) is 11.5 Å². The van der Waals surface area contributed by atoms with E-state index >= 15 is 0 Å². The van der Waals surface area contributed by atoms with Crippen molar-refractivity contribution >= 4 is 34.7 Å². The Balaban J connectivity index is 2.01. The Morgan fingerprint density at radius 3 is 2.59 bits per heavy atom. The van der Waals surface area contributed by atoms with Crippen LogP contribution in [0.1, 0.15) is 22.9 Å². The fourth-order valence-electron chi connectivity index (χ4n) is 3.74. The van der Waals surface area contributed by atoms with Crippen LogP contribution in [0.15, 0.2) is 66.4 Å². The second kappa shape index (κ2) is 8.36. The Morgan fingerprint density at radius 1 is 1.12 bits per heavy atom. The first-order valence-corrected chi connectivity index (χ1v) is 10.1. The Labute approximate surface area is 189 Å². The zero-order chi connectivity index (χ0) is 23.0. The number of aliphatic hydroxyl groups excluding tert-OH is 1. The van der Waals surface area contributed by atoms with E-state index in [0.29, 0.717) is 10.7 Å². The first-order valence-electron chi connectivity index (χ1n) is 9.69. The standard InChI is InChI=1S/C24H19ClN2O5/c1-13-6-8-18(28)17(11-13)27-21(16-5-3-4-10-26-16)20(23(30)24(27)31)22(29)15-12-14(25)7-9-19(15)32-2/h3-12,21,28-29H,1-2H3/b22-20+. The molecule has 4 rings (SSSR count). The Morgan fingerprint density at radius 2 is 1.91 bits per heavy atom. The Hall–Kier alpha value is -3.84. The van der Waals surface area contributed by atoms with Crippen molar-refractivity contribution in [2.24, 2.45) is 0 Å². The molecule has 0 saturated carbocycles. The number of aromatic nitrogens is 1. The molecule has 32 heavy (non-hydrogen) atoms. The second-order valence-corrected chi connectivity index (χ2v) is 7.70. The van der Waals surface area contributed by atoms with Crippen LogP contribution in [0.4, 0.5) is 5.69 Å². The number of aryl methyl sites for hydroxylation is 1. The summed E-state index contributed by atoms with van der Waals surface area (Å²) in [5.41, 5.74) is 1.23. The quantitative estimate of drug-likeness (QED) is 0.347. The Bertz CT molecular complexity index is 1260. The van der Waals surface area contributed by atoms with Gasteiger partial charge in [-0.1, -0.05) is 23.7 Å². The SMILES string of the molecule is COc1ccc(Cl)cc1/C(O)=C1\C(=O)C(=O)N(c2cc(C)ccc2O)C1c1ccccn1. The number of hydrogen-bond donors (Lipinski definition) is 2. The molecule has 8 heteroatoms. The van der Waals surface area contributed by atoms with Gasteiger partial charge in [-0.05, 0) is 55.0 Å². The van der Waals surface area contributed by atoms with E-state index in [2.05, 4.69) is 4.98 Å². The number of phenols is 1. The molecule has 1 fully saturated rings. The van der Waals surface area contributed by atoms with Gasteiger partial charge in [-0.25, -0.2) is 0 Å². The van der Waals surface area contributed by atoms with Gasteiger partial charge in [0.2, 0.25) is 0 Å². The van der Waals surface area contributed by atoms with Gasteiger partial charge in [0, 0.05) is 11.2 Å². The van der Waals surface area contributed by atoms with Gasteiger partial charge < -0.3 is 14.9 Å². The third-order valence-corrected chi connectivity index (χ3v) is 5.45. The van der Waals surface area contributed by atoms with Crippen LogP contribution < -0.4 is 9.64 Å². The maximum absolute atomic E-state index is 13.2. The van der Waals surface area contributed by atoms with Crippen molar-refractivity contribution in [2.75, 3.05) is 12.0 Å². The topological polar surface area (TPSA) is 100.0 Å². The molecule has 0 spiro atoms. The summed E-state index contributed by atoms with van der Waals surface area (Å²) in [6.07, 6.45) is 1.52. The number of halogens is 1. The van der Waals surface area contributed by atoms with Gasteiger partial charge in [0.25, 0.3) is 11.7 Å². The number of hydrogen-bond acceptors (Lipinski definition) is 6. The fraction of sp³-hybridized carbons (Fsp3) is 0.125. The van der Waals surface area contributed by atoms with Gasteiger partial charge in [-0.2, -0.15) is 0 Å². The van der Waals surface area contributed by atoms with Crippen molar-refractivity contribution in [3.05, 3.63) is 88.2 Å². The number of amides is 1. The van der Waals surface area contributed by atoms with E-state index in [9.17, 15) is 19.8 Å². The number of phenolic OH excluding ortho intramolecular Hbond substituents is 1. The predicted octanol–water partition coefficient (Wildman–Crippen LogP) is 4.38. The number of aliphatic hydroxyl groups is 1. The minimum Gasteiger partial charge on any atom is -0.507 e. The lowest BCUT2D eigenvalue weighted by Crippen LogP contribution is -2.30. The predicted molar refractivity (Wildman–Crippen MR) is 120 cm³/mol. The molecule has 1 aliphatic rings. The molecule has 0 bridgehead atoms. The normalized spacial score (nSPS) is 17.6. The van der Waals surface area contributed by atoms with E-state index in [4.69, 9.17) is 16.3 Å². The van der Waals surface area contributed by atoms with Gasteiger partial charge in [0.1, 0.15) is 23.3 Å². The number of carbonyl (C=O) groups excluding carboxylic acids is 2. The zero-order valence-corrected chi connectivity index (χ0v) is 18.0. The average Bonchev–Trinajstić information content (AvgIpc) is 3.06. The lowest BCUT2D eigenvalue weighted by molar-refractivity contribution is -0.132. The molecule has 2 aromatic carbocycles. The van der Waals surface area contributed by atoms with Crippen molar-refractivity contribution in [2.45, 2.75) is 13.0 Å². The average molecular weight is 451 g/mol. The molecule has 1 aromatic heterocycles. The van der Waals surface area contributed by atoms with Crippen LogP contribution in [0.25, 0.3) is 5.76 Å². The summed E-state index contributed by atoms with van der Waals surface area (Å²) in [6.45, 7) is 1.80. The number of rotatable bonds is 4. The number of benzene rings is 2. The summed E-state index contributed by atoms with van der Waals surface area (Å²) in [5.74, 6) is -2.17. The lowest BCUT2D eigenvalue weighted by Gasteiger charge is -2.25. The number of nitrogens with zero attached hydrogens (tertiary/aromatic N) is 2. The van der Waals surface area contributed by atoms with E-state index in [0.717, 1.165) is 10.5 Å². The molecule has 1 aliphatic heterocycles. The maximum Gasteiger partial charge on any atom is 0.300 e. The smallest absolute Gasteiger partial charge is 0.300 e. The highest BCUT2D eigenvalue weighted by Gasteiger charge is 2.48. The second-order valence-electron chi connectivity index (χ2n) is 7.26. The van der Waals surface area contributed by atoms with Crippen LogP contribution in [-0.4, -0.2) is 34.0 Å². The van der Waals surface area contributed by atoms with Crippen molar-refractivity contribution in [1.29, 1.82) is 0 Å². The van der Waals surface area contributed by atoms with E-state index in [1.807, 2.05) is 0 Å². The number of anilines is 1. The number of pyridine rings is 1. The minimum atomic E-state index is -1.08. The molecule has 1 atom stereocenters. The van der Waals surface area contributed by atoms with E-state index in [1.165, 1.54) is 25.4 Å². The number of methoxy groups -OCH3 is 1. The first kappa shape index (κ1) is 21.4. The van der Waals surface area contributed by atoms with Gasteiger partial charge in [0.05, 0.1) is 29.6 Å². The van der Waals surface area contributed by atoms with Crippen LogP contribution in [0, 0.1) is 6.92 Å². The van der Waals surface area contributed by atoms with Gasteiger partial charge >= 0.3 is 0 Å². The molecule has 3 aromatic rings. The molecule has 0 radical (unpaired) electrons. The number of carbonyl (C=O) groups is 2. The number of ether oxygens (including phenoxy) is 1. The van der Waals surface area contributed by atoms with Crippen LogP contribution in [-0.2, 0) is 9.59 Å². The maximum atomic E-state index is 13.2. The largest absolute Gasteiger partial charge is 0.507 e. The first-order chi connectivity index (χ1) is 15.3.